The third-order valence-corrected chi connectivity index (χ3v) is 4.36. The molecule has 2 aromatic heterocycles. The first-order chi connectivity index (χ1) is 8.36. The van der Waals surface area contributed by atoms with Gasteiger partial charge >= 0.3 is 0 Å². The zero-order valence-electron chi connectivity index (χ0n) is 9.99. The number of piperidine rings is 1. The standard InChI is InChI=1S/C13H17N3S/c1-9-12(11-3-2-8-17-11)13(16-15-9)10-4-6-14-7-5-10/h2-3,8,10,14H,4-7H2,1H3,(H,15,16). The lowest BCUT2D eigenvalue weighted by Crippen LogP contribution is -2.27. The molecule has 0 aromatic carbocycles. The van der Waals surface area contributed by atoms with Crippen molar-refractivity contribution >= 4 is 11.3 Å². The molecule has 0 saturated carbocycles. The van der Waals surface area contributed by atoms with Gasteiger partial charge in [0.25, 0.3) is 0 Å². The van der Waals surface area contributed by atoms with E-state index in [-0.39, 0.29) is 0 Å². The van der Waals surface area contributed by atoms with Gasteiger partial charge < -0.3 is 5.32 Å². The summed E-state index contributed by atoms with van der Waals surface area (Å²) in [4.78, 5) is 1.34. The molecule has 4 heteroatoms. The Morgan fingerprint density at radius 3 is 2.88 bits per heavy atom. The van der Waals surface area contributed by atoms with Gasteiger partial charge in [-0.2, -0.15) is 5.10 Å². The molecule has 3 nitrogen and oxygen atoms in total. The van der Waals surface area contributed by atoms with Crippen LogP contribution in [0.5, 0.6) is 0 Å². The fourth-order valence-corrected chi connectivity index (χ4v) is 3.41. The molecule has 1 fully saturated rings. The molecule has 2 N–H and O–H groups in total. The number of aromatic amines is 1. The zero-order chi connectivity index (χ0) is 11.7. The van der Waals surface area contributed by atoms with Crippen LogP contribution in [0.15, 0.2) is 17.5 Å². The maximum Gasteiger partial charge on any atom is 0.0743 e. The summed E-state index contributed by atoms with van der Waals surface area (Å²) in [6, 6.07) is 4.30. The maximum absolute atomic E-state index is 4.55. The van der Waals surface area contributed by atoms with Crippen LogP contribution >= 0.6 is 11.3 Å². The van der Waals surface area contributed by atoms with Crippen molar-refractivity contribution in [1.82, 2.24) is 15.5 Å². The molecule has 0 radical (unpaired) electrons. The normalized spacial score (nSPS) is 17.5. The van der Waals surface area contributed by atoms with Crippen molar-refractivity contribution in [2.75, 3.05) is 13.1 Å². The number of thiophene rings is 1. The van der Waals surface area contributed by atoms with Gasteiger partial charge in [0.1, 0.15) is 0 Å². The quantitative estimate of drug-likeness (QED) is 0.856. The Labute approximate surface area is 105 Å². The Balaban J connectivity index is 1.99. The van der Waals surface area contributed by atoms with E-state index in [1.54, 1.807) is 11.3 Å². The molecular formula is C13H17N3S. The summed E-state index contributed by atoms with van der Waals surface area (Å²) in [5, 5.41) is 13.3. The smallest absolute Gasteiger partial charge is 0.0743 e. The summed E-state index contributed by atoms with van der Waals surface area (Å²) in [5.41, 5.74) is 3.80. The van der Waals surface area contributed by atoms with E-state index < -0.39 is 0 Å². The summed E-state index contributed by atoms with van der Waals surface area (Å²) >= 11 is 1.80. The van der Waals surface area contributed by atoms with E-state index >= 15 is 0 Å². The van der Waals surface area contributed by atoms with Crippen molar-refractivity contribution in [2.24, 2.45) is 0 Å². The average molecular weight is 247 g/mol. The maximum atomic E-state index is 4.55. The van der Waals surface area contributed by atoms with Crippen LogP contribution in [0.1, 0.15) is 30.1 Å². The Kier molecular flexibility index (Phi) is 2.99. The van der Waals surface area contributed by atoms with E-state index in [1.165, 1.54) is 34.7 Å². The van der Waals surface area contributed by atoms with Gasteiger partial charge in [0.2, 0.25) is 0 Å². The highest BCUT2D eigenvalue weighted by Gasteiger charge is 2.23. The van der Waals surface area contributed by atoms with Gasteiger partial charge in [-0.15, -0.1) is 11.3 Å². The van der Waals surface area contributed by atoms with E-state index in [0.717, 1.165) is 13.1 Å². The molecule has 3 rings (SSSR count). The fraction of sp³-hybridized carbons (Fsp3) is 0.462. The van der Waals surface area contributed by atoms with Gasteiger partial charge in [-0.25, -0.2) is 0 Å². The SMILES string of the molecule is Cc1[nH]nc(C2CCNCC2)c1-c1cccs1. The molecule has 0 bridgehead atoms. The van der Waals surface area contributed by atoms with Gasteiger partial charge in [-0.3, -0.25) is 5.10 Å². The van der Waals surface area contributed by atoms with Crippen LogP contribution in [0.3, 0.4) is 0 Å². The molecule has 1 aliphatic heterocycles. The molecule has 17 heavy (non-hydrogen) atoms. The molecule has 0 amide bonds. The molecule has 2 aromatic rings. The van der Waals surface area contributed by atoms with Crippen molar-refractivity contribution < 1.29 is 0 Å². The van der Waals surface area contributed by atoms with Gasteiger partial charge in [0.05, 0.1) is 5.69 Å². The van der Waals surface area contributed by atoms with Crippen molar-refractivity contribution in [3.8, 4) is 10.4 Å². The van der Waals surface area contributed by atoms with Crippen molar-refractivity contribution in [2.45, 2.75) is 25.7 Å². The van der Waals surface area contributed by atoms with Gasteiger partial charge in [0, 0.05) is 22.1 Å². The van der Waals surface area contributed by atoms with Gasteiger partial charge in [-0.05, 0) is 44.3 Å². The number of nitrogens with zero attached hydrogens (tertiary/aromatic N) is 1. The number of rotatable bonds is 2. The van der Waals surface area contributed by atoms with E-state index in [0.29, 0.717) is 5.92 Å². The lowest BCUT2D eigenvalue weighted by atomic mass is 9.91. The van der Waals surface area contributed by atoms with Gasteiger partial charge in [-0.1, -0.05) is 6.07 Å². The van der Waals surface area contributed by atoms with E-state index in [2.05, 4.69) is 40.0 Å². The molecular weight excluding hydrogens is 230 g/mol. The van der Waals surface area contributed by atoms with Crippen LogP contribution in [0, 0.1) is 6.92 Å². The molecule has 0 atom stereocenters. The van der Waals surface area contributed by atoms with E-state index in [1.807, 2.05) is 0 Å². The average Bonchev–Trinajstić information content (AvgIpc) is 2.99. The summed E-state index contributed by atoms with van der Waals surface area (Å²) in [6.07, 6.45) is 2.39. The van der Waals surface area contributed by atoms with Crippen LogP contribution in [-0.2, 0) is 0 Å². The molecule has 1 aliphatic rings. The first-order valence-corrected chi connectivity index (χ1v) is 7.03. The second-order valence-electron chi connectivity index (χ2n) is 4.61. The molecule has 0 unspecified atom stereocenters. The lowest BCUT2D eigenvalue weighted by Gasteiger charge is -2.21. The highest BCUT2D eigenvalue weighted by molar-refractivity contribution is 7.13. The first kappa shape index (κ1) is 11.0. The summed E-state index contributed by atoms with van der Waals surface area (Å²) in [6.45, 7) is 4.34. The Morgan fingerprint density at radius 1 is 1.35 bits per heavy atom. The van der Waals surface area contributed by atoms with Crippen LogP contribution in [0.4, 0.5) is 0 Å². The minimum atomic E-state index is 0.610. The largest absolute Gasteiger partial charge is 0.317 e. The van der Waals surface area contributed by atoms with Crippen LogP contribution < -0.4 is 5.32 Å². The van der Waals surface area contributed by atoms with E-state index in [9.17, 15) is 0 Å². The Bertz CT molecular complexity index is 481. The Hall–Kier alpha value is -1.13. The number of H-pyrrole nitrogens is 1. The van der Waals surface area contributed by atoms with Gasteiger partial charge in [0.15, 0.2) is 0 Å². The van der Waals surface area contributed by atoms with Crippen molar-refractivity contribution in [3.05, 3.63) is 28.9 Å². The predicted octanol–water partition coefficient (Wildman–Crippen LogP) is 2.91. The molecule has 1 saturated heterocycles. The van der Waals surface area contributed by atoms with Crippen LogP contribution in [0.2, 0.25) is 0 Å². The second-order valence-corrected chi connectivity index (χ2v) is 5.56. The topological polar surface area (TPSA) is 40.7 Å². The highest BCUT2D eigenvalue weighted by atomic mass is 32.1. The number of aryl methyl sites for hydroxylation is 1. The Morgan fingerprint density at radius 2 is 2.18 bits per heavy atom. The van der Waals surface area contributed by atoms with Crippen molar-refractivity contribution in [1.29, 1.82) is 0 Å². The minimum absolute atomic E-state index is 0.610. The second kappa shape index (κ2) is 4.63. The third kappa shape index (κ3) is 2.03. The number of hydrogen-bond acceptors (Lipinski definition) is 3. The zero-order valence-corrected chi connectivity index (χ0v) is 10.8. The minimum Gasteiger partial charge on any atom is -0.317 e. The lowest BCUT2D eigenvalue weighted by molar-refractivity contribution is 0.453. The number of aromatic nitrogens is 2. The molecule has 0 aliphatic carbocycles. The fourth-order valence-electron chi connectivity index (χ4n) is 2.57. The molecule has 0 spiro atoms. The number of hydrogen-bond donors (Lipinski definition) is 2. The van der Waals surface area contributed by atoms with Crippen LogP contribution in [0.25, 0.3) is 10.4 Å². The summed E-state index contributed by atoms with van der Waals surface area (Å²) < 4.78 is 0. The first-order valence-electron chi connectivity index (χ1n) is 6.15. The number of nitrogens with one attached hydrogen (secondary N) is 2. The molecule has 90 valence electrons. The summed E-state index contributed by atoms with van der Waals surface area (Å²) in [7, 11) is 0. The monoisotopic (exact) mass is 247 g/mol. The highest BCUT2D eigenvalue weighted by Crippen LogP contribution is 2.36. The third-order valence-electron chi connectivity index (χ3n) is 3.47. The van der Waals surface area contributed by atoms with Crippen molar-refractivity contribution in [3.63, 3.8) is 0 Å². The summed E-state index contributed by atoms with van der Waals surface area (Å²) in [5.74, 6) is 0.610. The predicted molar refractivity (Wildman–Crippen MR) is 71.5 cm³/mol. The van der Waals surface area contributed by atoms with Crippen LogP contribution in [-0.4, -0.2) is 23.3 Å². The van der Waals surface area contributed by atoms with E-state index in [4.69, 9.17) is 0 Å². The molecule has 3 heterocycles.